The molecule has 0 aromatic heterocycles. The quantitative estimate of drug-likeness (QED) is 0.705. The molecule has 78 valence electrons. The summed E-state index contributed by atoms with van der Waals surface area (Å²) < 4.78 is 0. The Balaban J connectivity index is 2.37. The number of rotatable bonds is 5. The molecule has 0 spiro atoms. The summed E-state index contributed by atoms with van der Waals surface area (Å²) in [5, 5.41) is 8.82. The fourth-order valence-electron chi connectivity index (χ4n) is 2.37. The average molecular weight is 185 g/mol. The minimum absolute atomic E-state index is 0.347. The van der Waals surface area contributed by atoms with E-state index in [2.05, 4.69) is 25.8 Å². The highest BCUT2D eigenvalue weighted by Gasteiger charge is 2.33. The molecule has 0 amide bonds. The minimum Gasteiger partial charge on any atom is -0.396 e. The highest BCUT2D eigenvalue weighted by molar-refractivity contribution is 4.87. The first-order valence-electron chi connectivity index (χ1n) is 5.48. The van der Waals surface area contributed by atoms with Crippen LogP contribution in [0.4, 0.5) is 0 Å². The summed E-state index contributed by atoms with van der Waals surface area (Å²) in [6.45, 7) is 6.20. The van der Waals surface area contributed by atoms with E-state index in [1.165, 1.54) is 19.4 Å². The van der Waals surface area contributed by atoms with Crippen molar-refractivity contribution in [1.29, 1.82) is 0 Å². The van der Waals surface area contributed by atoms with E-state index in [-0.39, 0.29) is 0 Å². The van der Waals surface area contributed by atoms with Crippen molar-refractivity contribution in [1.82, 2.24) is 4.90 Å². The van der Waals surface area contributed by atoms with Crippen molar-refractivity contribution in [3.63, 3.8) is 0 Å². The van der Waals surface area contributed by atoms with Crippen LogP contribution in [0.25, 0.3) is 0 Å². The average Bonchev–Trinajstić information content (AvgIpc) is 2.08. The van der Waals surface area contributed by atoms with Gasteiger partial charge in [0, 0.05) is 12.6 Å². The smallest absolute Gasteiger partial charge is 0.0431 e. The molecule has 0 saturated carbocycles. The van der Waals surface area contributed by atoms with Crippen LogP contribution in [-0.2, 0) is 0 Å². The molecule has 1 saturated heterocycles. The number of hydrogen-bond donors (Lipinski definition) is 1. The molecule has 1 aliphatic rings. The van der Waals surface area contributed by atoms with Gasteiger partial charge in [0.15, 0.2) is 0 Å². The van der Waals surface area contributed by atoms with Crippen LogP contribution in [0.15, 0.2) is 0 Å². The lowest BCUT2D eigenvalue weighted by Crippen LogP contribution is -2.50. The largest absolute Gasteiger partial charge is 0.396 e. The first-order valence-corrected chi connectivity index (χ1v) is 5.48. The topological polar surface area (TPSA) is 23.5 Å². The highest BCUT2D eigenvalue weighted by atomic mass is 16.2. The van der Waals surface area contributed by atoms with E-state index >= 15 is 0 Å². The van der Waals surface area contributed by atoms with E-state index in [9.17, 15) is 0 Å². The van der Waals surface area contributed by atoms with Crippen LogP contribution in [0.5, 0.6) is 0 Å². The van der Waals surface area contributed by atoms with Crippen molar-refractivity contribution in [3.8, 4) is 0 Å². The fraction of sp³-hybridized carbons (Fsp3) is 1.00. The van der Waals surface area contributed by atoms with Crippen LogP contribution in [0, 0.1) is 11.8 Å². The third-order valence-corrected chi connectivity index (χ3v) is 3.39. The van der Waals surface area contributed by atoms with Gasteiger partial charge in [-0.3, -0.25) is 0 Å². The van der Waals surface area contributed by atoms with Crippen LogP contribution in [0.1, 0.15) is 33.1 Å². The van der Waals surface area contributed by atoms with Gasteiger partial charge in [0.05, 0.1) is 0 Å². The third kappa shape index (κ3) is 2.68. The van der Waals surface area contributed by atoms with Crippen molar-refractivity contribution < 1.29 is 5.11 Å². The SMILES string of the molecule is CC(C)C(CCCO)C1CCN1C. The second-order valence-electron chi connectivity index (χ2n) is 4.61. The molecule has 13 heavy (non-hydrogen) atoms. The minimum atomic E-state index is 0.347. The zero-order chi connectivity index (χ0) is 9.84. The van der Waals surface area contributed by atoms with E-state index in [1.54, 1.807) is 0 Å². The van der Waals surface area contributed by atoms with Gasteiger partial charge in [-0.1, -0.05) is 13.8 Å². The van der Waals surface area contributed by atoms with E-state index in [1.807, 2.05) is 0 Å². The zero-order valence-corrected chi connectivity index (χ0v) is 9.16. The second-order valence-corrected chi connectivity index (χ2v) is 4.61. The van der Waals surface area contributed by atoms with Crippen molar-refractivity contribution in [2.45, 2.75) is 39.2 Å². The van der Waals surface area contributed by atoms with E-state index < -0.39 is 0 Å². The second kappa shape index (κ2) is 4.97. The molecule has 1 N–H and O–H groups in total. The molecular weight excluding hydrogens is 162 g/mol. The Bertz CT molecular complexity index is 147. The fourth-order valence-corrected chi connectivity index (χ4v) is 2.37. The van der Waals surface area contributed by atoms with Gasteiger partial charge in [-0.05, 0) is 44.7 Å². The molecule has 2 atom stereocenters. The molecule has 0 bridgehead atoms. The van der Waals surface area contributed by atoms with Gasteiger partial charge in [0.2, 0.25) is 0 Å². The van der Waals surface area contributed by atoms with Crippen LogP contribution in [-0.4, -0.2) is 36.2 Å². The number of hydrogen-bond acceptors (Lipinski definition) is 2. The van der Waals surface area contributed by atoms with Gasteiger partial charge in [-0.15, -0.1) is 0 Å². The van der Waals surface area contributed by atoms with E-state index in [4.69, 9.17) is 5.11 Å². The molecule has 1 fully saturated rings. The Hall–Kier alpha value is -0.0800. The monoisotopic (exact) mass is 185 g/mol. The van der Waals surface area contributed by atoms with Gasteiger partial charge in [0.1, 0.15) is 0 Å². The Morgan fingerprint density at radius 2 is 2.15 bits per heavy atom. The van der Waals surface area contributed by atoms with Crippen LogP contribution in [0.2, 0.25) is 0 Å². The van der Waals surface area contributed by atoms with Gasteiger partial charge < -0.3 is 10.0 Å². The predicted molar refractivity (Wildman–Crippen MR) is 55.7 cm³/mol. The Labute approximate surface area is 81.9 Å². The standard InChI is InChI=1S/C11H23NO/c1-9(2)10(5-4-8-13)11-6-7-12(11)3/h9-11,13H,4-8H2,1-3H3. The summed E-state index contributed by atoms with van der Waals surface area (Å²) in [5.74, 6) is 1.53. The number of aliphatic hydroxyl groups excluding tert-OH is 1. The van der Waals surface area contributed by atoms with Crippen molar-refractivity contribution >= 4 is 0 Å². The Morgan fingerprint density at radius 1 is 1.46 bits per heavy atom. The number of aliphatic hydroxyl groups is 1. The molecule has 0 aromatic rings. The molecule has 0 aliphatic carbocycles. The molecule has 2 unspecified atom stereocenters. The summed E-state index contributed by atoms with van der Waals surface area (Å²) in [6.07, 6.45) is 3.50. The highest BCUT2D eigenvalue weighted by Crippen LogP contribution is 2.31. The first kappa shape index (κ1) is 11.0. The zero-order valence-electron chi connectivity index (χ0n) is 9.16. The number of nitrogens with zero attached hydrogens (tertiary/aromatic N) is 1. The summed E-state index contributed by atoms with van der Waals surface area (Å²) in [6, 6.07) is 0.784. The van der Waals surface area contributed by atoms with Gasteiger partial charge in [-0.25, -0.2) is 0 Å². The summed E-state index contributed by atoms with van der Waals surface area (Å²) in [5.41, 5.74) is 0. The van der Waals surface area contributed by atoms with Gasteiger partial charge >= 0.3 is 0 Å². The maximum absolute atomic E-state index is 8.82. The van der Waals surface area contributed by atoms with Crippen molar-refractivity contribution in [2.75, 3.05) is 20.2 Å². The Morgan fingerprint density at radius 3 is 2.46 bits per heavy atom. The van der Waals surface area contributed by atoms with E-state index in [0.717, 1.165) is 24.3 Å². The molecule has 0 aromatic carbocycles. The summed E-state index contributed by atoms with van der Waals surface area (Å²) in [4.78, 5) is 2.45. The van der Waals surface area contributed by atoms with E-state index in [0.29, 0.717) is 6.61 Å². The normalized spacial score (nSPS) is 26.1. The Kier molecular flexibility index (Phi) is 4.20. The van der Waals surface area contributed by atoms with Gasteiger partial charge in [0.25, 0.3) is 0 Å². The first-order chi connectivity index (χ1) is 6.16. The predicted octanol–water partition coefficient (Wildman–Crippen LogP) is 1.74. The molecule has 1 aliphatic heterocycles. The lowest BCUT2D eigenvalue weighted by Gasteiger charge is -2.45. The molecule has 2 nitrogen and oxygen atoms in total. The number of likely N-dealkylation sites (tertiary alicyclic amines) is 1. The summed E-state index contributed by atoms with van der Waals surface area (Å²) >= 11 is 0. The maximum Gasteiger partial charge on any atom is 0.0431 e. The van der Waals surface area contributed by atoms with Crippen LogP contribution >= 0.6 is 0 Å². The molecule has 0 radical (unpaired) electrons. The molecular formula is C11H23NO. The lowest BCUT2D eigenvalue weighted by molar-refractivity contribution is 0.0445. The third-order valence-electron chi connectivity index (χ3n) is 3.39. The van der Waals surface area contributed by atoms with Gasteiger partial charge in [-0.2, -0.15) is 0 Å². The molecule has 1 heterocycles. The van der Waals surface area contributed by atoms with Crippen molar-refractivity contribution in [2.24, 2.45) is 11.8 Å². The lowest BCUT2D eigenvalue weighted by atomic mass is 9.79. The summed E-state index contributed by atoms with van der Waals surface area (Å²) in [7, 11) is 2.21. The van der Waals surface area contributed by atoms with Crippen molar-refractivity contribution in [3.05, 3.63) is 0 Å². The molecule has 2 heteroatoms. The molecule has 1 rings (SSSR count). The van der Waals surface area contributed by atoms with Crippen LogP contribution < -0.4 is 0 Å². The maximum atomic E-state index is 8.82. The van der Waals surface area contributed by atoms with Crippen LogP contribution in [0.3, 0.4) is 0 Å².